The second-order valence-electron chi connectivity index (χ2n) is 3.43. The van der Waals surface area contributed by atoms with Gasteiger partial charge in [-0.15, -0.1) is 19.0 Å². The van der Waals surface area contributed by atoms with Crippen LogP contribution < -0.4 is 0 Å². The summed E-state index contributed by atoms with van der Waals surface area (Å²) in [6.45, 7) is 6.36. The predicted molar refractivity (Wildman–Crippen MR) is 63.8 cm³/mol. The number of hydrogen-bond acceptors (Lipinski definition) is 2. The number of aliphatic hydroxyl groups is 1. The highest BCUT2D eigenvalue weighted by molar-refractivity contribution is 5.85. The fourth-order valence-corrected chi connectivity index (χ4v) is 0.300. The van der Waals surface area contributed by atoms with Gasteiger partial charge >= 0.3 is 6.16 Å². The van der Waals surface area contributed by atoms with Crippen molar-refractivity contribution in [1.29, 1.82) is 0 Å². The number of quaternary nitrogens is 1. The number of rotatable bonds is 2. The van der Waals surface area contributed by atoms with Crippen molar-refractivity contribution in [3.63, 3.8) is 0 Å². The normalized spacial score (nSPS) is 8.07. The summed E-state index contributed by atoms with van der Waals surface area (Å²) in [4.78, 5) is 8.56. The van der Waals surface area contributed by atoms with E-state index in [4.69, 9.17) is 20.1 Å². The van der Waals surface area contributed by atoms with Gasteiger partial charge in [0.05, 0.1) is 27.7 Å². The minimum atomic E-state index is -1.83. The van der Waals surface area contributed by atoms with E-state index >= 15 is 0 Å². The van der Waals surface area contributed by atoms with E-state index in [1.54, 1.807) is 6.08 Å². The molecule has 6 heteroatoms. The zero-order valence-corrected chi connectivity index (χ0v) is 10.6. The molecule has 0 unspecified atom stereocenters. The summed E-state index contributed by atoms with van der Waals surface area (Å²) in [6, 6.07) is 0. The molecule has 3 N–H and O–H groups in total. The molecule has 0 aliphatic rings. The molecule has 0 bridgehead atoms. The second kappa shape index (κ2) is 15.7. The summed E-state index contributed by atoms with van der Waals surface area (Å²) < 4.78 is 0.844. The van der Waals surface area contributed by atoms with Crippen LogP contribution in [0.4, 0.5) is 4.79 Å². The monoisotopic (exact) mass is 244 g/mol. The van der Waals surface area contributed by atoms with E-state index in [1.165, 1.54) is 0 Å². The highest BCUT2D eigenvalue weighted by atomic mass is 35.5. The van der Waals surface area contributed by atoms with Gasteiger partial charge in [0, 0.05) is 0 Å². The summed E-state index contributed by atoms with van der Waals surface area (Å²) in [7, 11) is 6.16. The zero-order chi connectivity index (χ0) is 12.2. The molecule has 5 nitrogen and oxygen atoms in total. The third-order valence-electron chi connectivity index (χ3n) is 0.771. The van der Waals surface area contributed by atoms with Gasteiger partial charge in [-0.2, -0.15) is 0 Å². The van der Waals surface area contributed by atoms with Crippen molar-refractivity contribution in [2.75, 3.05) is 34.3 Å². The van der Waals surface area contributed by atoms with Gasteiger partial charge in [0.1, 0.15) is 6.54 Å². The Hall–Kier alpha value is -0.780. The molecule has 0 heterocycles. The molecule has 0 rings (SSSR count). The maximum absolute atomic E-state index is 8.56. The van der Waals surface area contributed by atoms with Crippen LogP contribution in [-0.2, 0) is 0 Å². The van der Waals surface area contributed by atoms with Crippen LogP contribution >= 0.6 is 12.4 Å². The first-order chi connectivity index (χ1) is 6.21. The Morgan fingerprint density at radius 1 is 1.33 bits per heavy atom. The lowest BCUT2D eigenvalue weighted by Gasteiger charge is -2.21. The zero-order valence-electron chi connectivity index (χ0n) is 9.80. The minimum absolute atomic E-state index is 0. The van der Waals surface area contributed by atoms with E-state index in [-0.39, 0.29) is 19.0 Å². The van der Waals surface area contributed by atoms with E-state index in [0.29, 0.717) is 0 Å². The van der Waals surface area contributed by atoms with Gasteiger partial charge in [-0.25, -0.2) is 4.79 Å². The van der Waals surface area contributed by atoms with Crippen LogP contribution in [0.2, 0.25) is 0 Å². The SMILES string of the molecule is C=CC.C[N+](C)(C)CCO.Cl.O=C(O)O. The molecule has 15 heavy (non-hydrogen) atoms. The third kappa shape index (κ3) is 161. The van der Waals surface area contributed by atoms with Crippen molar-refractivity contribution in [3.8, 4) is 0 Å². The topological polar surface area (TPSA) is 77.8 Å². The molecular weight excluding hydrogens is 222 g/mol. The predicted octanol–water partition coefficient (Wildman–Crippen LogP) is 1.52. The number of halogens is 1. The fourth-order valence-electron chi connectivity index (χ4n) is 0.300. The number of allylic oxidation sites excluding steroid dienone is 1. The van der Waals surface area contributed by atoms with Gasteiger partial charge in [0.2, 0.25) is 0 Å². The van der Waals surface area contributed by atoms with Crippen LogP contribution in [0.25, 0.3) is 0 Å². The van der Waals surface area contributed by atoms with Crippen molar-refractivity contribution < 1.29 is 24.6 Å². The average molecular weight is 245 g/mol. The van der Waals surface area contributed by atoms with Crippen molar-refractivity contribution in [1.82, 2.24) is 0 Å². The summed E-state index contributed by atoms with van der Waals surface area (Å²) in [5.74, 6) is 0. The van der Waals surface area contributed by atoms with Crippen molar-refractivity contribution in [2.45, 2.75) is 6.92 Å². The summed E-state index contributed by atoms with van der Waals surface area (Å²) >= 11 is 0. The van der Waals surface area contributed by atoms with Gasteiger partial charge in [0.25, 0.3) is 0 Å². The van der Waals surface area contributed by atoms with Crippen LogP contribution in [0.1, 0.15) is 6.92 Å². The lowest BCUT2D eigenvalue weighted by Crippen LogP contribution is -2.36. The average Bonchev–Trinajstić information content (AvgIpc) is 1.83. The molecule has 0 fully saturated rings. The van der Waals surface area contributed by atoms with Gasteiger partial charge in [0.15, 0.2) is 0 Å². The fraction of sp³-hybridized carbons (Fsp3) is 0.667. The molecule has 0 radical (unpaired) electrons. The van der Waals surface area contributed by atoms with E-state index < -0.39 is 6.16 Å². The van der Waals surface area contributed by atoms with E-state index in [1.807, 2.05) is 6.92 Å². The van der Waals surface area contributed by atoms with E-state index in [9.17, 15) is 0 Å². The number of carbonyl (C=O) groups is 1. The van der Waals surface area contributed by atoms with Gasteiger partial charge in [-0.05, 0) is 6.92 Å². The Kier molecular flexibility index (Phi) is 24.9. The van der Waals surface area contributed by atoms with Crippen molar-refractivity contribution in [3.05, 3.63) is 12.7 Å². The molecule has 0 aromatic rings. The summed E-state index contributed by atoms with van der Waals surface area (Å²) in [6.07, 6.45) is -0.0833. The molecule has 0 atom stereocenters. The maximum atomic E-state index is 8.56. The molecule has 0 aliphatic heterocycles. The van der Waals surface area contributed by atoms with Crippen molar-refractivity contribution >= 4 is 18.6 Å². The van der Waals surface area contributed by atoms with Crippen LogP contribution in [0.5, 0.6) is 0 Å². The first-order valence-electron chi connectivity index (χ1n) is 4.11. The highest BCUT2D eigenvalue weighted by Crippen LogP contribution is 1.84. The largest absolute Gasteiger partial charge is 0.503 e. The molecule has 0 aliphatic carbocycles. The molecular formula is C9H23ClNO4+. The first-order valence-corrected chi connectivity index (χ1v) is 4.11. The first kappa shape index (κ1) is 23.8. The lowest BCUT2D eigenvalue weighted by molar-refractivity contribution is -0.870. The quantitative estimate of drug-likeness (QED) is 0.508. The minimum Gasteiger partial charge on any atom is -0.450 e. The van der Waals surface area contributed by atoms with Crippen molar-refractivity contribution in [2.24, 2.45) is 0 Å². The maximum Gasteiger partial charge on any atom is 0.503 e. The molecule has 0 aromatic heterocycles. The van der Waals surface area contributed by atoms with Crippen LogP contribution in [-0.4, -0.2) is 60.3 Å². The Labute approximate surface area is 97.6 Å². The Bertz CT molecular complexity index is 142. The van der Waals surface area contributed by atoms with Crippen LogP contribution in [0.3, 0.4) is 0 Å². The number of carboxylic acid groups (broad SMARTS) is 2. The molecule has 94 valence electrons. The van der Waals surface area contributed by atoms with Gasteiger partial charge < -0.3 is 19.8 Å². The van der Waals surface area contributed by atoms with Gasteiger partial charge in [-0.3, -0.25) is 0 Å². The molecule has 0 aromatic carbocycles. The van der Waals surface area contributed by atoms with Crippen LogP contribution in [0.15, 0.2) is 12.7 Å². The van der Waals surface area contributed by atoms with Crippen LogP contribution in [0, 0.1) is 0 Å². The Morgan fingerprint density at radius 2 is 1.53 bits per heavy atom. The van der Waals surface area contributed by atoms with E-state index in [2.05, 4.69) is 27.7 Å². The summed E-state index contributed by atoms with van der Waals surface area (Å²) in [5.41, 5.74) is 0. The number of likely N-dealkylation sites (N-methyl/N-ethyl adjacent to an activating group) is 1. The number of aliphatic hydroxyl groups excluding tert-OH is 1. The number of nitrogens with zero attached hydrogens (tertiary/aromatic N) is 1. The molecule has 0 saturated carbocycles. The lowest BCUT2D eigenvalue weighted by atomic mass is 10.5. The molecule has 0 saturated heterocycles. The standard InChI is InChI=1S/C5H14NO.C3H6.CH2O3.ClH/c1-6(2,3)4-5-7;1-3-2;2-1(3)4;/h7H,4-5H2,1-3H3;3H,1H2,2H3;(H2,2,3,4);1H/q+1;;;. The molecule has 0 amide bonds. The smallest absolute Gasteiger partial charge is 0.450 e. The van der Waals surface area contributed by atoms with E-state index in [0.717, 1.165) is 11.0 Å². The Balaban J connectivity index is -0.0000000654. The third-order valence-corrected chi connectivity index (χ3v) is 0.771. The molecule has 0 spiro atoms. The summed E-state index contributed by atoms with van der Waals surface area (Å²) in [5, 5.41) is 22.3. The van der Waals surface area contributed by atoms with Gasteiger partial charge in [-0.1, -0.05) is 6.08 Å². The highest BCUT2D eigenvalue weighted by Gasteiger charge is 2.02. The number of hydrogen-bond donors (Lipinski definition) is 3. The second-order valence-corrected chi connectivity index (χ2v) is 3.43. The Morgan fingerprint density at radius 3 is 1.53 bits per heavy atom.